The van der Waals surface area contributed by atoms with E-state index < -0.39 is 5.79 Å². The molecule has 0 aliphatic carbocycles. The van der Waals surface area contributed by atoms with Crippen LogP contribution >= 0.6 is 0 Å². The van der Waals surface area contributed by atoms with Crippen molar-refractivity contribution in [2.75, 3.05) is 6.61 Å². The summed E-state index contributed by atoms with van der Waals surface area (Å²) in [6.07, 6.45) is 18.2. The lowest BCUT2D eigenvalue weighted by atomic mass is 10.0. The van der Waals surface area contributed by atoms with E-state index in [2.05, 4.69) is 19.1 Å². The third-order valence-electron chi connectivity index (χ3n) is 6.80. The van der Waals surface area contributed by atoms with Crippen LogP contribution in [0.1, 0.15) is 97.0 Å². The van der Waals surface area contributed by atoms with Crippen molar-refractivity contribution in [3.63, 3.8) is 0 Å². The zero-order valence-corrected chi connectivity index (χ0v) is 21.5. The number of allylic oxidation sites excluding steroid dienone is 1. The largest absolute Gasteiger partial charge is 0.447 e. The van der Waals surface area contributed by atoms with Gasteiger partial charge >= 0.3 is 6.09 Å². The summed E-state index contributed by atoms with van der Waals surface area (Å²) in [5.74, 6) is -0.680. The highest BCUT2D eigenvalue weighted by Crippen LogP contribution is 2.35. The fourth-order valence-electron chi connectivity index (χ4n) is 4.94. The third-order valence-corrected chi connectivity index (χ3v) is 6.80. The van der Waals surface area contributed by atoms with Crippen LogP contribution in [0.5, 0.6) is 0 Å². The van der Waals surface area contributed by atoms with E-state index in [-0.39, 0.29) is 24.3 Å². The van der Waals surface area contributed by atoms with Crippen molar-refractivity contribution in [3.8, 4) is 0 Å². The maximum atomic E-state index is 12.5. The van der Waals surface area contributed by atoms with E-state index in [0.29, 0.717) is 13.2 Å². The lowest BCUT2D eigenvalue weighted by Gasteiger charge is -2.28. The molecule has 0 N–H and O–H groups in total. The topological polar surface area (TPSA) is 48.0 Å². The molecule has 2 fully saturated rings. The first-order chi connectivity index (χ1) is 16.5. The van der Waals surface area contributed by atoms with Crippen LogP contribution in [0.3, 0.4) is 0 Å². The first kappa shape index (κ1) is 26.7. The van der Waals surface area contributed by atoms with Gasteiger partial charge in [0.1, 0.15) is 18.8 Å². The van der Waals surface area contributed by atoms with Crippen molar-refractivity contribution in [1.29, 1.82) is 0 Å². The van der Waals surface area contributed by atoms with Gasteiger partial charge in [-0.1, -0.05) is 107 Å². The summed E-state index contributed by atoms with van der Waals surface area (Å²) in [4.78, 5) is 14.3. The second-order valence-corrected chi connectivity index (χ2v) is 10.2. The highest BCUT2D eigenvalue weighted by Gasteiger charge is 2.49. The lowest BCUT2D eigenvalue weighted by molar-refractivity contribution is -0.147. The van der Waals surface area contributed by atoms with Crippen LogP contribution in [0.25, 0.3) is 0 Å². The molecule has 2 aliphatic heterocycles. The lowest BCUT2D eigenvalue weighted by Crippen LogP contribution is -2.46. The van der Waals surface area contributed by atoms with Crippen molar-refractivity contribution in [2.24, 2.45) is 0 Å². The normalized spacial score (nSPS) is 24.3. The molecule has 2 heterocycles. The van der Waals surface area contributed by atoms with Crippen LogP contribution in [0, 0.1) is 0 Å². The number of nitrogens with zero attached hydrogens (tertiary/aromatic N) is 1. The average molecular weight is 472 g/mol. The molecular weight excluding hydrogens is 426 g/mol. The van der Waals surface area contributed by atoms with Gasteiger partial charge in [-0.2, -0.15) is 0 Å². The van der Waals surface area contributed by atoms with Gasteiger partial charge in [0.2, 0.25) is 0 Å². The van der Waals surface area contributed by atoms with Gasteiger partial charge in [0, 0.05) is 6.54 Å². The Kier molecular flexibility index (Phi) is 10.9. The molecule has 2 aliphatic rings. The Balaban J connectivity index is 1.43. The second-order valence-electron chi connectivity index (χ2n) is 10.2. The van der Waals surface area contributed by atoms with Crippen LogP contribution in [0.4, 0.5) is 4.79 Å². The summed E-state index contributed by atoms with van der Waals surface area (Å²) >= 11 is 0. The monoisotopic (exact) mass is 471 g/mol. The van der Waals surface area contributed by atoms with Gasteiger partial charge < -0.3 is 14.2 Å². The Morgan fingerprint density at radius 3 is 2.26 bits per heavy atom. The van der Waals surface area contributed by atoms with E-state index in [1.54, 1.807) is 4.90 Å². The van der Waals surface area contributed by atoms with Gasteiger partial charge in [-0.3, -0.25) is 4.90 Å². The molecule has 1 aromatic rings. The molecule has 5 heteroatoms. The zero-order chi connectivity index (χ0) is 24.2. The quantitative estimate of drug-likeness (QED) is 0.198. The Bertz CT molecular complexity index is 748. The van der Waals surface area contributed by atoms with Crippen LogP contribution < -0.4 is 0 Å². The van der Waals surface area contributed by atoms with Crippen molar-refractivity contribution >= 4 is 6.09 Å². The Hall–Kier alpha value is -1.85. The number of rotatable bonds is 15. The van der Waals surface area contributed by atoms with Crippen LogP contribution in [-0.4, -0.2) is 41.6 Å². The first-order valence-electron chi connectivity index (χ1n) is 13.5. The predicted octanol–water partition coefficient (Wildman–Crippen LogP) is 7.39. The van der Waals surface area contributed by atoms with Crippen molar-refractivity contribution in [3.05, 3.63) is 48.0 Å². The summed E-state index contributed by atoms with van der Waals surface area (Å²) in [5.41, 5.74) is 1.08. The molecule has 190 valence electrons. The molecule has 1 amide bonds. The number of hydrogen-bond donors (Lipinski definition) is 0. The minimum absolute atomic E-state index is 0.165. The molecule has 0 saturated carbocycles. The van der Waals surface area contributed by atoms with E-state index in [0.717, 1.165) is 12.0 Å². The van der Waals surface area contributed by atoms with Crippen molar-refractivity contribution < 1.29 is 19.0 Å². The molecule has 0 aromatic heterocycles. The molecule has 1 aromatic carbocycles. The molecule has 3 atom stereocenters. The maximum absolute atomic E-state index is 12.5. The van der Waals surface area contributed by atoms with Crippen molar-refractivity contribution in [2.45, 2.75) is 122 Å². The SMILES string of the molecule is CCCCCCCCCCCC/C=C\[C@H]1OC(C)(C)O[C@H]1[C@@H]1COC(=O)N1Cc1ccccc1. The van der Waals surface area contributed by atoms with E-state index in [4.69, 9.17) is 14.2 Å². The molecule has 2 saturated heterocycles. The zero-order valence-electron chi connectivity index (χ0n) is 21.5. The van der Waals surface area contributed by atoms with Gasteiger partial charge in [0.05, 0.1) is 6.04 Å². The second kappa shape index (κ2) is 13.9. The number of cyclic esters (lactones) is 1. The first-order valence-corrected chi connectivity index (χ1v) is 13.5. The summed E-state index contributed by atoms with van der Waals surface area (Å²) in [7, 11) is 0. The standard InChI is InChI=1S/C29H45NO4/c1-4-5-6-7-8-9-10-11-12-13-14-18-21-26-27(34-29(2,3)33-26)25-23-32-28(31)30(25)22-24-19-16-15-17-20-24/h15-21,25-27H,4-14,22-23H2,1-3H3/b21-18-/t25-,26+,27-/m0/s1. The molecule has 3 rings (SSSR count). The number of amides is 1. The number of carbonyl (C=O) groups excluding carboxylic acids is 1. The molecule has 0 bridgehead atoms. The Morgan fingerprint density at radius 2 is 1.59 bits per heavy atom. The molecule has 5 nitrogen and oxygen atoms in total. The Morgan fingerprint density at radius 1 is 0.941 bits per heavy atom. The number of benzene rings is 1. The molecule has 0 unspecified atom stereocenters. The Labute approximate surface area is 206 Å². The number of carbonyl (C=O) groups is 1. The van der Waals surface area contributed by atoms with E-state index in [1.807, 2.05) is 44.2 Å². The predicted molar refractivity (Wildman–Crippen MR) is 137 cm³/mol. The van der Waals surface area contributed by atoms with Crippen LogP contribution in [-0.2, 0) is 20.8 Å². The fourth-order valence-corrected chi connectivity index (χ4v) is 4.94. The van der Waals surface area contributed by atoms with Crippen LogP contribution in [0.15, 0.2) is 42.5 Å². The summed E-state index contributed by atoms with van der Waals surface area (Å²) < 4.78 is 17.9. The van der Waals surface area contributed by atoms with Crippen molar-refractivity contribution in [1.82, 2.24) is 4.90 Å². The van der Waals surface area contributed by atoms with E-state index in [1.165, 1.54) is 64.2 Å². The average Bonchev–Trinajstić information content (AvgIpc) is 3.33. The van der Waals surface area contributed by atoms with Gasteiger partial charge in [0.15, 0.2) is 5.79 Å². The smallest absolute Gasteiger partial charge is 0.410 e. The summed E-state index contributed by atoms with van der Waals surface area (Å²) in [6.45, 7) is 6.99. The third kappa shape index (κ3) is 8.42. The highest BCUT2D eigenvalue weighted by atomic mass is 16.8. The number of unbranched alkanes of at least 4 members (excludes halogenated alkanes) is 10. The van der Waals surface area contributed by atoms with Gasteiger partial charge in [-0.05, 0) is 32.3 Å². The van der Waals surface area contributed by atoms with E-state index >= 15 is 0 Å². The minimum atomic E-state index is -0.680. The van der Waals surface area contributed by atoms with E-state index in [9.17, 15) is 4.79 Å². The summed E-state index contributed by atoms with van der Waals surface area (Å²) in [6, 6.07) is 9.86. The molecule has 0 spiro atoms. The molecule has 34 heavy (non-hydrogen) atoms. The highest BCUT2D eigenvalue weighted by molar-refractivity contribution is 5.70. The van der Waals surface area contributed by atoms with Gasteiger partial charge in [-0.15, -0.1) is 0 Å². The fraction of sp³-hybridized carbons (Fsp3) is 0.690. The molecule has 0 radical (unpaired) electrons. The van der Waals surface area contributed by atoms with Gasteiger partial charge in [0.25, 0.3) is 0 Å². The van der Waals surface area contributed by atoms with Gasteiger partial charge in [-0.25, -0.2) is 4.79 Å². The number of ether oxygens (including phenoxy) is 3. The van der Waals surface area contributed by atoms with Crippen LogP contribution in [0.2, 0.25) is 0 Å². The molecular formula is C29H45NO4. The number of hydrogen-bond acceptors (Lipinski definition) is 4. The minimum Gasteiger partial charge on any atom is -0.447 e. The maximum Gasteiger partial charge on any atom is 0.410 e. The summed E-state index contributed by atoms with van der Waals surface area (Å²) in [5, 5.41) is 0.